The molecule has 3 aliphatic rings. The summed E-state index contributed by atoms with van der Waals surface area (Å²) in [6.07, 6.45) is 12.6. The number of rotatable bonds is 3. The van der Waals surface area contributed by atoms with Crippen LogP contribution in [-0.2, 0) is 0 Å². The third kappa shape index (κ3) is 3.80. The zero-order valence-corrected chi connectivity index (χ0v) is 16.3. The molecular weight excluding hydrogens is 322 g/mol. The Balaban J connectivity index is 1.38. The van der Waals surface area contributed by atoms with Gasteiger partial charge in [-0.05, 0) is 63.6 Å². The van der Waals surface area contributed by atoms with Gasteiger partial charge in [0.25, 0.3) is 5.91 Å². The summed E-state index contributed by atoms with van der Waals surface area (Å²) in [5.74, 6) is 1.09. The lowest BCUT2D eigenvalue weighted by molar-refractivity contribution is 0.0629. The number of carbonyl (C=O) groups is 1. The van der Waals surface area contributed by atoms with Gasteiger partial charge >= 0.3 is 0 Å². The normalized spacial score (nSPS) is 28.0. The predicted octanol–water partition coefficient (Wildman–Crippen LogP) is 3.90. The van der Waals surface area contributed by atoms with E-state index >= 15 is 0 Å². The first-order chi connectivity index (χ1) is 12.7. The first kappa shape index (κ1) is 18.0. The number of hydrogen-bond donors (Lipinski definition) is 0. The van der Waals surface area contributed by atoms with Crippen LogP contribution in [-0.4, -0.2) is 53.4 Å². The summed E-state index contributed by atoms with van der Waals surface area (Å²) in [6, 6.07) is 3.80. The summed E-state index contributed by atoms with van der Waals surface area (Å²) in [7, 11) is 0. The molecule has 4 rings (SSSR count). The van der Waals surface area contributed by atoms with Crippen LogP contribution < -0.4 is 0 Å². The monoisotopic (exact) mass is 355 g/mol. The van der Waals surface area contributed by atoms with Gasteiger partial charge in [-0.3, -0.25) is 9.78 Å². The van der Waals surface area contributed by atoms with E-state index in [1.54, 1.807) is 6.20 Å². The fourth-order valence-electron chi connectivity index (χ4n) is 5.52. The minimum absolute atomic E-state index is 0.178. The second-order valence-electron chi connectivity index (χ2n) is 8.96. The number of aryl methyl sites for hydroxylation is 1. The summed E-state index contributed by atoms with van der Waals surface area (Å²) in [6.45, 7) is 7.52. The number of carbonyl (C=O) groups excluding carboxylic acids is 1. The topological polar surface area (TPSA) is 36.4 Å². The van der Waals surface area contributed by atoms with E-state index in [-0.39, 0.29) is 5.91 Å². The molecule has 3 fully saturated rings. The standard InChI is InChI=1S/C22H33N3O/c1-18-20(9-5-12-23-18)21(26)25-14-11-22(17-25)10-6-13-24(16-22)15-19-7-3-2-4-8-19/h5,9,12,19H,2-4,6-8,10-11,13-17H2,1H3/t22-/m1/s1. The highest BCUT2D eigenvalue weighted by Gasteiger charge is 2.43. The predicted molar refractivity (Wildman–Crippen MR) is 104 cm³/mol. The molecule has 1 aromatic rings. The van der Waals surface area contributed by atoms with Crippen molar-refractivity contribution in [2.75, 3.05) is 32.7 Å². The van der Waals surface area contributed by atoms with Crippen LogP contribution >= 0.6 is 0 Å². The highest BCUT2D eigenvalue weighted by molar-refractivity contribution is 5.95. The van der Waals surface area contributed by atoms with Crippen LogP contribution in [0.15, 0.2) is 18.3 Å². The quantitative estimate of drug-likeness (QED) is 0.825. The number of hydrogen-bond acceptors (Lipinski definition) is 3. The Morgan fingerprint density at radius 1 is 1.15 bits per heavy atom. The summed E-state index contributed by atoms with van der Waals surface area (Å²) >= 11 is 0. The highest BCUT2D eigenvalue weighted by atomic mass is 16.2. The van der Waals surface area contributed by atoms with Crippen molar-refractivity contribution in [3.05, 3.63) is 29.6 Å². The van der Waals surface area contributed by atoms with E-state index < -0.39 is 0 Å². The average molecular weight is 356 g/mol. The van der Waals surface area contributed by atoms with Crippen LogP contribution in [0.1, 0.15) is 67.4 Å². The van der Waals surface area contributed by atoms with E-state index in [4.69, 9.17) is 0 Å². The van der Waals surface area contributed by atoms with Gasteiger partial charge < -0.3 is 9.80 Å². The van der Waals surface area contributed by atoms with E-state index in [1.165, 1.54) is 71.0 Å². The number of likely N-dealkylation sites (tertiary alicyclic amines) is 2. The minimum Gasteiger partial charge on any atom is -0.338 e. The Morgan fingerprint density at radius 2 is 2.00 bits per heavy atom. The van der Waals surface area contributed by atoms with Crippen molar-refractivity contribution < 1.29 is 4.79 Å². The lowest BCUT2D eigenvalue weighted by Gasteiger charge is -2.42. The van der Waals surface area contributed by atoms with Gasteiger partial charge in [0.15, 0.2) is 0 Å². The van der Waals surface area contributed by atoms with Crippen molar-refractivity contribution in [1.82, 2.24) is 14.8 Å². The van der Waals surface area contributed by atoms with Gasteiger partial charge in [-0.2, -0.15) is 0 Å². The largest absolute Gasteiger partial charge is 0.338 e. The lowest BCUT2D eigenvalue weighted by Crippen LogP contribution is -2.47. The molecule has 2 aliphatic heterocycles. The molecule has 1 saturated carbocycles. The van der Waals surface area contributed by atoms with Crippen LogP contribution in [0.25, 0.3) is 0 Å². The first-order valence-corrected chi connectivity index (χ1v) is 10.6. The molecule has 0 aromatic carbocycles. The van der Waals surface area contributed by atoms with Crippen molar-refractivity contribution in [2.45, 2.75) is 58.3 Å². The van der Waals surface area contributed by atoms with E-state index in [1.807, 2.05) is 19.1 Å². The number of aromatic nitrogens is 1. The number of nitrogens with zero attached hydrogens (tertiary/aromatic N) is 3. The second kappa shape index (κ2) is 7.67. The number of piperidine rings is 1. The molecule has 1 amide bonds. The van der Waals surface area contributed by atoms with Crippen molar-refractivity contribution in [1.29, 1.82) is 0 Å². The second-order valence-corrected chi connectivity index (χ2v) is 8.96. The Labute approximate surface area is 158 Å². The summed E-state index contributed by atoms with van der Waals surface area (Å²) < 4.78 is 0. The van der Waals surface area contributed by atoms with Crippen molar-refractivity contribution >= 4 is 5.91 Å². The zero-order chi connectivity index (χ0) is 18.0. The molecular formula is C22H33N3O. The van der Waals surface area contributed by atoms with Gasteiger partial charge in [-0.1, -0.05) is 19.3 Å². The molecule has 4 nitrogen and oxygen atoms in total. The summed E-state index contributed by atoms with van der Waals surface area (Å²) in [5, 5.41) is 0. The molecule has 2 saturated heterocycles. The van der Waals surface area contributed by atoms with Crippen LogP contribution in [0.4, 0.5) is 0 Å². The maximum absolute atomic E-state index is 13.0. The van der Waals surface area contributed by atoms with Gasteiger partial charge in [0.05, 0.1) is 5.56 Å². The van der Waals surface area contributed by atoms with Crippen LogP contribution in [0.5, 0.6) is 0 Å². The van der Waals surface area contributed by atoms with Gasteiger partial charge in [-0.25, -0.2) is 0 Å². The fraction of sp³-hybridized carbons (Fsp3) is 0.727. The number of pyridine rings is 1. The van der Waals surface area contributed by atoms with Crippen LogP contribution in [0.3, 0.4) is 0 Å². The Kier molecular flexibility index (Phi) is 5.30. The average Bonchev–Trinajstić information content (AvgIpc) is 3.06. The summed E-state index contributed by atoms with van der Waals surface area (Å²) in [4.78, 5) is 22.1. The van der Waals surface area contributed by atoms with Gasteiger partial charge in [-0.15, -0.1) is 0 Å². The van der Waals surface area contributed by atoms with Crippen LogP contribution in [0, 0.1) is 18.3 Å². The molecule has 1 atom stereocenters. The molecule has 4 heteroatoms. The van der Waals surface area contributed by atoms with Gasteiger partial charge in [0.1, 0.15) is 0 Å². The van der Waals surface area contributed by atoms with Crippen molar-refractivity contribution in [2.24, 2.45) is 11.3 Å². The SMILES string of the molecule is Cc1ncccc1C(=O)N1CC[C@@]2(CCCN(CC3CCCCC3)C2)C1. The Bertz CT molecular complexity index is 640. The molecule has 3 heterocycles. The Morgan fingerprint density at radius 3 is 2.81 bits per heavy atom. The summed E-state index contributed by atoms with van der Waals surface area (Å²) in [5.41, 5.74) is 1.96. The maximum atomic E-state index is 13.0. The van der Waals surface area contributed by atoms with Crippen LogP contribution in [0.2, 0.25) is 0 Å². The molecule has 0 N–H and O–H groups in total. The third-order valence-electron chi connectivity index (χ3n) is 6.94. The smallest absolute Gasteiger partial charge is 0.255 e. The minimum atomic E-state index is 0.178. The fourth-order valence-corrected chi connectivity index (χ4v) is 5.52. The van der Waals surface area contributed by atoms with Gasteiger partial charge in [0.2, 0.25) is 0 Å². The van der Waals surface area contributed by atoms with Crippen molar-refractivity contribution in [3.8, 4) is 0 Å². The molecule has 0 unspecified atom stereocenters. The van der Waals surface area contributed by atoms with E-state index in [0.29, 0.717) is 5.41 Å². The van der Waals surface area contributed by atoms with E-state index in [2.05, 4.69) is 14.8 Å². The van der Waals surface area contributed by atoms with E-state index in [0.717, 1.165) is 30.3 Å². The van der Waals surface area contributed by atoms with Gasteiger partial charge in [0, 0.05) is 43.5 Å². The highest BCUT2D eigenvalue weighted by Crippen LogP contribution is 2.40. The molecule has 1 aliphatic carbocycles. The molecule has 1 aromatic heterocycles. The third-order valence-corrected chi connectivity index (χ3v) is 6.94. The first-order valence-electron chi connectivity index (χ1n) is 10.6. The lowest BCUT2D eigenvalue weighted by atomic mass is 9.78. The Hall–Kier alpha value is -1.42. The molecule has 0 bridgehead atoms. The molecule has 142 valence electrons. The molecule has 26 heavy (non-hydrogen) atoms. The zero-order valence-electron chi connectivity index (χ0n) is 16.3. The maximum Gasteiger partial charge on any atom is 0.255 e. The van der Waals surface area contributed by atoms with Crippen molar-refractivity contribution in [3.63, 3.8) is 0 Å². The van der Waals surface area contributed by atoms with E-state index in [9.17, 15) is 4.79 Å². The molecule has 0 radical (unpaired) electrons. The molecule has 1 spiro atoms. The number of amides is 1.